The van der Waals surface area contributed by atoms with Crippen molar-refractivity contribution in [3.8, 4) is 0 Å². The van der Waals surface area contributed by atoms with Crippen molar-refractivity contribution in [2.45, 2.75) is 23.5 Å². The molecule has 4 rings (SSSR count). The van der Waals surface area contributed by atoms with Crippen LogP contribution >= 0.6 is 11.8 Å². The number of rotatable bonds is 6. The molecule has 158 valence electrons. The van der Waals surface area contributed by atoms with Crippen LogP contribution in [0.5, 0.6) is 0 Å². The standard InChI is InChI=1S/C23H18F3N3OS/c24-23(25,26)31-21-8-4-1-5-18(21)22(30)27-13-16-9-11-17(12-10-16)14-29-15-28-19-6-2-3-7-20(19)29/h1-12,15H,13-14H2,(H,27,30). The summed E-state index contributed by atoms with van der Waals surface area (Å²) in [5.74, 6) is -0.540. The first-order valence-corrected chi connectivity index (χ1v) is 10.3. The third-order valence-electron chi connectivity index (χ3n) is 4.71. The Morgan fingerprint density at radius 1 is 0.935 bits per heavy atom. The first-order valence-electron chi connectivity index (χ1n) is 9.50. The fraction of sp³-hybridized carbons (Fsp3) is 0.130. The highest BCUT2D eigenvalue weighted by molar-refractivity contribution is 8.00. The number of nitrogens with zero attached hydrogens (tertiary/aromatic N) is 2. The normalized spacial score (nSPS) is 11.6. The molecule has 1 amide bonds. The van der Waals surface area contributed by atoms with Gasteiger partial charge < -0.3 is 9.88 Å². The second kappa shape index (κ2) is 8.85. The Hall–Kier alpha value is -3.26. The van der Waals surface area contributed by atoms with Gasteiger partial charge in [0.1, 0.15) is 0 Å². The van der Waals surface area contributed by atoms with Crippen LogP contribution in [0.25, 0.3) is 11.0 Å². The summed E-state index contributed by atoms with van der Waals surface area (Å²) >= 11 is -0.287. The summed E-state index contributed by atoms with van der Waals surface area (Å²) < 4.78 is 40.2. The van der Waals surface area contributed by atoms with E-state index in [4.69, 9.17) is 0 Å². The van der Waals surface area contributed by atoms with Gasteiger partial charge in [-0.1, -0.05) is 48.5 Å². The van der Waals surface area contributed by atoms with Crippen molar-refractivity contribution in [3.63, 3.8) is 0 Å². The first-order chi connectivity index (χ1) is 14.9. The molecular formula is C23H18F3N3OS. The van der Waals surface area contributed by atoms with E-state index in [0.717, 1.165) is 22.2 Å². The smallest absolute Gasteiger partial charge is 0.348 e. The monoisotopic (exact) mass is 441 g/mol. The van der Waals surface area contributed by atoms with Crippen molar-refractivity contribution in [3.05, 3.63) is 95.8 Å². The van der Waals surface area contributed by atoms with E-state index in [9.17, 15) is 18.0 Å². The third-order valence-corrected chi connectivity index (χ3v) is 5.52. The highest BCUT2D eigenvalue weighted by atomic mass is 32.2. The summed E-state index contributed by atoms with van der Waals surface area (Å²) in [6.07, 6.45) is 1.80. The molecule has 0 saturated carbocycles. The van der Waals surface area contributed by atoms with E-state index >= 15 is 0 Å². The Morgan fingerprint density at radius 2 is 1.61 bits per heavy atom. The van der Waals surface area contributed by atoms with Gasteiger partial charge in [-0.25, -0.2) is 4.98 Å². The number of para-hydroxylation sites is 2. The largest absolute Gasteiger partial charge is 0.446 e. The molecule has 0 radical (unpaired) electrons. The maximum Gasteiger partial charge on any atom is 0.446 e. The molecule has 3 aromatic carbocycles. The molecule has 1 aromatic heterocycles. The fourth-order valence-electron chi connectivity index (χ4n) is 3.24. The number of thioether (sulfide) groups is 1. The van der Waals surface area contributed by atoms with Gasteiger partial charge in [-0.2, -0.15) is 13.2 Å². The number of fused-ring (bicyclic) bond motifs is 1. The predicted molar refractivity (Wildman–Crippen MR) is 115 cm³/mol. The summed E-state index contributed by atoms with van der Waals surface area (Å²) in [6.45, 7) is 0.882. The molecule has 0 bridgehead atoms. The fourth-order valence-corrected chi connectivity index (χ4v) is 3.91. The number of benzene rings is 3. The lowest BCUT2D eigenvalue weighted by Crippen LogP contribution is -2.23. The predicted octanol–water partition coefficient (Wildman–Crippen LogP) is 5.63. The minimum Gasteiger partial charge on any atom is -0.348 e. The number of nitrogens with one attached hydrogen (secondary N) is 1. The van der Waals surface area contributed by atoms with Crippen molar-refractivity contribution in [2.75, 3.05) is 0 Å². The van der Waals surface area contributed by atoms with Crippen molar-refractivity contribution in [2.24, 2.45) is 0 Å². The lowest BCUT2D eigenvalue weighted by atomic mass is 10.1. The molecule has 4 nitrogen and oxygen atoms in total. The SMILES string of the molecule is O=C(NCc1ccc(Cn2cnc3ccccc32)cc1)c1ccccc1SC(F)(F)F. The molecule has 0 atom stereocenters. The van der Waals surface area contributed by atoms with E-state index < -0.39 is 11.4 Å². The van der Waals surface area contributed by atoms with Crippen LogP contribution in [-0.2, 0) is 13.1 Å². The van der Waals surface area contributed by atoms with Gasteiger partial charge >= 0.3 is 5.51 Å². The molecule has 0 aliphatic carbocycles. The van der Waals surface area contributed by atoms with Crippen molar-refractivity contribution in [1.29, 1.82) is 0 Å². The van der Waals surface area contributed by atoms with Crippen LogP contribution in [0.2, 0.25) is 0 Å². The van der Waals surface area contributed by atoms with Gasteiger partial charge in [-0.15, -0.1) is 0 Å². The van der Waals surface area contributed by atoms with Gasteiger partial charge in [-0.05, 0) is 47.2 Å². The van der Waals surface area contributed by atoms with Gasteiger partial charge in [0, 0.05) is 18.0 Å². The highest BCUT2D eigenvalue weighted by Gasteiger charge is 2.31. The van der Waals surface area contributed by atoms with Crippen LogP contribution < -0.4 is 5.32 Å². The van der Waals surface area contributed by atoms with Crippen molar-refractivity contribution in [1.82, 2.24) is 14.9 Å². The Labute approximate surface area is 181 Å². The molecule has 0 unspecified atom stereocenters. The average Bonchev–Trinajstić information content (AvgIpc) is 3.15. The molecule has 0 fully saturated rings. The Balaban J connectivity index is 1.39. The van der Waals surface area contributed by atoms with E-state index in [-0.39, 0.29) is 28.8 Å². The number of amides is 1. The molecular weight excluding hydrogens is 423 g/mol. The number of carbonyl (C=O) groups is 1. The van der Waals surface area contributed by atoms with Crippen LogP contribution in [0.3, 0.4) is 0 Å². The summed E-state index contributed by atoms with van der Waals surface area (Å²) in [6, 6.07) is 21.3. The van der Waals surface area contributed by atoms with Crippen LogP contribution in [0.4, 0.5) is 13.2 Å². The number of imidazole rings is 1. The molecule has 8 heteroatoms. The molecule has 4 aromatic rings. The van der Waals surface area contributed by atoms with Crippen LogP contribution in [0.15, 0.2) is 84.0 Å². The van der Waals surface area contributed by atoms with Gasteiger partial charge in [0.2, 0.25) is 0 Å². The van der Waals surface area contributed by atoms with Gasteiger partial charge in [0.05, 0.1) is 22.9 Å². The number of alkyl halides is 3. The third kappa shape index (κ3) is 5.27. The Morgan fingerprint density at radius 3 is 2.39 bits per heavy atom. The lowest BCUT2D eigenvalue weighted by molar-refractivity contribution is -0.0328. The first kappa shape index (κ1) is 21.0. The number of hydrogen-bond acceptors (Lipinski definition) is 3. The summed E-state index contributed by atoms with van der Waals surface area (Å²) in [5, 5.41) is 2.70. The topological polar surface area (TPSA) is 46.9 Å². The van der Waals surface area contributed by atoms with E-state index in [1.165, 1.54) is 18.2 Å². The van der Waals surface area contributed by atoms with E-state index in [1.807, 2.05) is 48.5 Å². The highest BCUT2D eigenvalue weighted by Crippen LogP contribution is 2.38. The van der Waals surface area contributed by atoms with E-state index in [1.54, 1.807) is 12.4 Å². The minimum absolute atomic E-state index is 0.00781. The second-order valence-corrected chi connectivity index (χ2v) is 8.01. The van der Waals surface area contributed by atoms with Crippen LogP contribution in [-0.4, -0.2) is 21.0 Å². The zero-order valence-electron chi connectivity index (χ0n) is 16.3. The molecule has 0 saturated heterocycles. The number of hydrogen-bond donors (Lipinski definition) is 1. The molecule has 31 heavy (non-hydrogen) atoms. The van der Waals surface area contributed by atoms with Gasteiger partial charge in [-0.3, -0.25) is 4.79 Å². The summed E-state index contributed by atoms with van der Waals surface area (Å²) in [4.78, 5) is 16.7. The minimum atomic E-state index is -4.45. The summed E-state index contributed by atoms with van der Waals surface area (Å²) in [7, 11) is 0. The van der Waals surface area contributed by atoms with E-state index in [2.05, 4.69) is 14.9 Å². The zero-order chi connectivity index (χ0) is 21.8. The average molecular weight is 441 g/mol. The Bertz CT molecular complexity index is 1200. The quantitative estimate of drug-likeness (QED) is 0.395. The maximum absolute atomic E-state index is 12.7. The molecule has 1 heterocycles. The molecule has 0 aliphatic heterocycles. The molecule has 1 N–H and O–H groups in total. The van der Waals surface area contributed by atoms with Crippen LogP contribution in [0.1, 0.15) is 21.5 Å². The zero-order valence-corrected chi connectivity index (χ0v) is 17.1. The van der Waals surface area contributed by atoms with Gasteiger partial charge in [0.25, 0.3) is 5.91 Å². The number of aromatic nitrogens is 2. The van der Waals surface area contributed by atoms with E-state index in [0.29, 0.717) is 6.54 Å². The summed E-state index contributed by atoms with van der Waals surface area (Å²) in [5.41, 5.74) is -0.528. The Kier molecular flexibility index (Phi) is 5.99. The molecule has 0 aliphatic rings. The number of halogens is 3. The van der Waals surface area contributed by atoms with Crippen LogP contribution in [0, 0.1) is 0 Å². The van der Waals surface area contributed by atoms with Crippen molar-refractivity contribution >= 4 is 28.7 Å². The second-order valence-electron chi connectivity index (χ2n) is 6.90. The molecule has 0 spiro atoms. The van der Waals surface area contributed by atoms with Crippen molar-refractivity contribution < 1.29 is 18.0 Å². The number of carbonyl (C=O) groups excluding carboxylic acids is 1. The lowest BCUT2D eigenvalue weighted by Gasteiger charge is -2.12. The van der Waals surface area contributed by atoms with Gasteiger partial charge in [0.15, 0.2) is 0 Å². The maximum atomic E-state index is 12.7.